The standard InChI is InChI=1S/C10H17N5O/c1-8-4-2-3-5-15(8)9(16)6-14-7-12-10(11)13-14/h7-8H,2-6H2,1H3,(H2,11,13). The number of likely N-dealkylation sites (tertiary alicyclic amines) is 1. The van der Waals surface area contributed by atoms with E-state index in [4.69, 9.17) is 5.73 Å². The van der Waals surface area contributed by atoms with Crippen LogP contribution in [0.4, 0.5) is 5.95 Å². The fourth-order valence-electron chi connectivity index (χ4n) is 2.08. The van der Waals surface area contributed by atoms with Crippen molar-refractivity contribution in [3.63, 3.8) is 0 Å². The summed E-state index contributed by atoms with van der Waals surface area (Å²) in [6.07, 6.45) is 4.88. The second kappa shape index (κ2) is 4.51. The lowest BCUT2D eigenvalue weighted by molar-refractivity contribution is -0.135. The van der Waals surface area contributed by atoms with Gasteiger partial charge in [-0.1, -0.05) is 0 Å². The van der Waals surface area contributed by atoms with Crippen LogP contribution in [0.2, 0.25) is 0 Å². The highest BCUT2D eigenvalue weighted by molar-refractivity contribution is 5.76. The van der Waals surface area contributed by atoms with Crippen molar-refractivity contribution in [1.82, 2.24) is 19.7 Å². The van der Waals surface area contributed by atoms with Crippen molar-refractivity contribution in [2.45, 2.75) is 38.8 Å². The first-order valence-electron chi connectivity index (χ1n) is 5.61. The van der Waals surface area contributed by atoms with E-state index in [1.807, 2.05) is 4.90 Å². The van der Waals surface area contributed by atoms with Gasteiger partial charge in [0, 0.05) is 12.6 Å². The summed E-state index contributed by atoms with van der Waals surface area (Å²) in [5, 5.41) is 3.91. The minimum Gasteiger partial charge on any atom is -0.367 e. The summed E-state index contributed by atoms with van der Waals surface area (Å²) in [5.74, 6) is 0.302. The van der Waals surface area contributed by atoms with E-state index in [9.17, 15) is 4.79 Å². The van der Waals surface area contributed by atoms with Gasteiger partial charge < -0.3 is 10.6 Å². The predicted molar refractivity (Wildman–Crippen MR) is 59.5 cm³/mol. The monoisotopic (exact) mass is 223 g/mol. The van der Waals surface area contributed by atoms with Crippen LogP contribution in [0.1, 0.15) is 26.2 Å². The molecule has 88 valence electrons. The van der Waals surface area contributed by atoms with E-state index in [1.165, 1.54) is 17.4 Å². The highest BCUT2D eigenvalue weighted by atomic mass is 16.2. The van der Waals surface area contributed by atoms with Gasteiger partial charge in [0.1, 0.15) is 12.9 Å². The third-order valence-corrected chi connectivity index (χ3v) is 2.97. The molecule has 0 radical (unpaired) electrons. The lowest BCUT2D eigenvalue weighted by Gasteiger charge is -2.33. The Morgan fingerprint density at radius 1 is 1.62 bits per heavy atom. The molecule has 1 unspecified atom stereocenters. The first-order valence-corrected chi connectivity index (χ1v) is 5.61. The molecule has 1 atom stereocenters. The maximum absolute atomic E-state index is 12.0. The third-order valence-electron chi connectivity index (χ3n) is 2.97. The van der Waals surface area contributed by atoms with Crippen LogP contribution in [0.5, 0.6) is 0 Å². The Hall–Kier alpha value is -1.59. The minimum atomic E-state index is 0.0945. The predicted octanol–water partition coefficient (Wildman–Crippen LogP) is 0.261. The highest BCUT2D eigenvalue weighted by Crippen LogP contribution is 2.16. The number of anilines is 1. The first-order chi connectivity index (χ1) is 7.66. The van der Waals surface area contributed by atoms with E-state index in [0.29, 0.717) is 6.04 Å². The van der Waals surface area contributed by atoms with Crippen LogP contribution >= 0.6 is 0 Å². The van der Waals surface area contributed by atoms with Gasteiger partial charge >= 0.3 is 0 Å². The topological polar surface area (TPSA) is 77.0 Å². The summed E-state index contributed by atoms with van der Waals surface area (Å²) in [7, 11) is 0. The van der Waals surface area contributed by atoms with Crippen molar-refractivity contribution >= 4 is 11.9 Å². The molecule has 1 saturated heterocycles. The Bertz CT molecular complexity index is 375. The van der Waals surface area contributed by atoms with E-state index >= 15 is 0 Å². The molecular weight excluding hydrogens is 206 g/mol. The van der Waals surface area contributed by atoms with Crippen LogP contribution in [-0.2, 0) is 11.3 Å². The van der Waals surface area contributed by atoms with E-state index in [2.05, 4.69) is 17.0 Å². The Morgan fingerprint density at radius 3 is 3.06 bits per heavy atom. The van der Waals surface area contributed by atoms with Crippen LogP contribution in [0.15, 0.2) is 6.33 Å². The summed E-state index contributed by atoms with van der Waals surface area (Å²) in [4.78, 5) is 17.7. The van der Waals surface area contributed by atoms with Gasteiger partial charge in [0.15, 0.2) is 0 Å². The molecule has 0 saturated carbocycles. The molecule has 0 aromatic carbocycles. The summed E-state index contributed by atoms with van der Waals surface area (Å²) >= 11 is 0. The van der Waals surface area contributed by atoms with Crippen molar-refractivity contribution < 1.29 is 4.79 Å². The van der Waals surface area contributed by atoms with Gasteiger partial charge in [-0.2, -0.15) is 0 Å². The van der Waals surface area contributed by atoms with Gasteiger partial charge in [-0.15, -0.1) is 5.10 Å². The zero-order chi connectivity index (χ0) is 11.5. The molecule has 2 rings (SSSR count). The van der Waals surface area contributed by atoms with Crippen LogP contribution in [0.25, 0.3) is 0 Å². The van der Waals surface area contributed by atoms with Crippen molar-refractivity contribution in [3.05, 3.63) is 6.33 Å². The fraction of sp³-hybridized carbons (Fsp3) is 0.700. The summed E-state index contributed by atoms with van der Waals surface area (Å²) < 4.78 is 1.49. The smallest absolute Gasteiger partial charge is 0.244 e. The normalized spacial score (nSPS) is 21.1. The van der Waals surface area contributed by atoms with E-state index in [-0.39, 0.29) is 18.4 Å². The number of rotatable bonds is 2. The molecule has 1 fully saturated rings. The molecule has 1 aromatic rings. The molecule has 0 spiro atoms. The molecule has 1 amide bonds. The molecule has 1 aliphatic rings. The van der Waals surface area contributed by atoms with E-state index in [0.717, 1.165) is 19.4 Å². The Balaban J connectivity index is 1.96. The van der Waals surface area contributed by atoms with Gasteiger partial charge in [-0.3, -0.25) is 4.79 Å². The summed E-state index contributed by atoms with van der Waals surface area (Å²) in [6, 6.07) is 0.335. The number of hydrogen-bond donors (Lipinski definition) is 1. The van der Waals surface area contributed by atoms with Gasteiger partial charge in [0.25, 0.3) is 0 Å². The van der Waals surface area contributed by atoms with Gasteiger partial charge in [0.05, 0.1) is 0 Å². The van der Waals surface area contributed by atoms with Crippen LogP contribution in [-0.4, -0.2) is 38.2 Å². The lowest BCUT2D eigenvalue weighted by Crippen LogP contribution is -2.43. The highest BCUT2D eigenvalue weighted by Gasteiger charge is 2.23. The van der Waals surface area contributed by atoms with Crippen molar-refractivity contribution in [1.29, 1.82) is 0 Å². The average Bonchev–Trinajstić information content (AvgIpc) is 2.64. The number of hydrogen-bond acceptors (Lipinski definition) is 4. The van der Waals surface area contributed by atoms with Gasteiger partial charge in [-0.25, -0.2) is 9.67 Å². The number of aromatic nitrogens is 3. The number of carbonyl (C=O) groups excluding carboxylic acids is 1. The molecule has 16 heavy (non-hydrogen) atoms. The molecule has 0 bridgehead atoms. The van der Waals surface area contributed by atoms with Crippen molar-refractivity contribution in [2.24, 2.45) is 0 Å². The van der Waals surface area contributed by atoms with Crippen LogP contribution in [0, 0.1) is 0 Å². The summed E-state index contributed by atoms with van der Waals surface area (Å²) in [6.45, 7) is 3.17. The second-order valence-corrected chi connectivity index (χ2v) is 4.23. The second-order valence-electron chi connectivity index (χ2n) is 4.23. The SMILES string of the molecule is CC1CCCCN1C(=O)Cn1cnc(N)n1. The van der Waals surface area contributed by atoms with E-state index < -0.39 is 0 Å². The molecule has 6 nitrogen and oxygen atoms in total. The maximum atomic E-state index is 12.0. The Kier molecular flexibility index (Phi) is 3.07. The molecule has 2 N–H and O–H groups in total. The maximum Gasteiger partial charge on any atom is 0.244 e. The van der Waals surface area contributed by atoms with Gasteiger partial charge in [-0.05, 0) is 26.2 Å². The van der Waals surface area contributed by atoms with Crippen LogP contribution < -0.4 is 5.73 Å². The van der Waals surface area contributed by atoms with Crippen molar-refractivity contribution in [2.75, 3.05) is 12.3 Å². The van der Waals surface area contributed by atoms with Gasteiger partial charge in [0.2, 0.25) is 11.9 Å². The number of carbonyl (C=O) groups is 1. The quantitative estimate of drug-likeness (QED) is 0.780. The van der Waals surface area contributed by atoms with Crippen molar-refractivity contribution in [3.8, 4) is 0 Å². The minimum absolute atomic E-state index is 0.0945. The fourth-order valence-corrected chi connectivity index (χ4v) is 2.08. The summed E-state index contributed by atoms with van der Waals surface area (Å²) in [5.41, 5.74) is 5.39. The molecule has 2 heterocycles. The number of amides is 1. The lowest BCUT2D eigenvalue weighted by atomic mass is 10.0. The molecule has 6 heteroatoms. The van der Waals surface area contributed by atoms with Crippen LogP contribution in [0.3, 0.4) is 0 Å². The largest absolute Gasteiger partial charge is 0.367 e. The number of nitrogens with zero attached hydrogens (tertiary/aromatic N) is 4. The molecule has 1 aliphatic heterocycles. The molecular formula is C10H17N5O. The zero-order valence-electron chi connectivity index (χ0n) is 9.46. The average molecular weight is 223 g/mol. The van der Waals surface area contributed by atoms with E-state index in [1.54, 1.807) is 0 Å². The third kappa shape index (κ3) is 2.32. The Morgan fingerprint density at radius 2 is 2.44 bits per heavy atom. The Labute approximate surface area is 94.4 Å². The number of nitrogens with two attached hydrogens (primary N) is 1. The molecule has 1 aromatic heterocycles. The first kappa shape index (κ1) is 10.9. The zero-order valence-corrected chi connectivity index (χ0v) is 9.46. The molecule has 0 aliphatic carbocycles. The number of nitrogen functional groups attached to an aromatic ring is 1. The number of piperidine rings is 1.